The average Bonchev–Trinajstić information content (AvgIpc) is 3.74. The summed E-state index contributed by atoms with van der Waals surface area (Å²) in [5.74, 6) is 4.79. The summed E-state index contributed by atoms with van der Waals surface area (Å²) in [5, 5.41) is 9.44. The highest BCUT2D eigenvalue weighted by molar-refractivity contribution is 5.93. The van der Waals surface area contributed by atoms with Crippen LogP contribution in [0.5, 0.6) is 11.5 Å². The fraction of sp³-hybridized carbons (Fsp3) is 0.214. The molecule has 5 N–H and O–H groups in total. The molecule has 39 heavy (non-hydrogen) atoms. The molecule has 4 aromatic rings. The van der Waals surface area contributed by atoms with Gasteiger partial charge in [0.2, 0.25) is 11.4 Å². The van der Waals surface area contributed by atoms with Gasteiger partial charge in [-0.25, -0.2) is 14.2 Å². The Kier molecular flexibility index (Phi) is 6.54. The molecule has 1 aliphatic carbocycles. The molecule has 0 aliphatic heterocycles. The monoisotopic (exact) mass is 529 g/mol. The second-order valence-electron chi connectivity index (χ2n) is 9.11. The van der Waals surface area contributed by atoms with E-state index in [1.807, 2.05) is 0 Å². The zero-order chi connectivity index (χ0) is 27.8. The first-order valence-electron chi connectivity index (χ1n) is 12.0. The van der Waals surface area contributed by atoms with Crippen molar-refractivity contribution in [3.8, 4) is 23.3 Å². The van der Waals surface area contributed by atoms with E-state index < -0.39 is 22.8 Å². The lowest BCUT2D eigenvalue weighted by atomic mass is 10.0. The molecule has 11 heteroatoms. The minimum atomic E-state index is -1.35. The zero-order valence-corrected chi connectivity index (χ0v) is 21.1. The van der Waals surface area contributed by atoms with Gasteiger partial charge in [0.1, 0.15) is 17.2 Å². The Morgan fingerprint density at radius 3 is 2.54 bits per heavy atom. The molecule has 0 unspecified atom stereocenters. The van der Waals surface area contributed by atoms with Crippen LogP contribution < -0.4 is 26.4 Å². The van der Waals surface area contributed by atoms with Crippen LogP contribution in [0.3, 0.4) is 0 Å². The van der Waals surface area contributed by atoms with Gasteiger partial charge in [0.05, 0.1) is 30.9 Å². The van der Waals surface area contributed by atoms with Gasteiger partial charge in [0.15, 0.2) is 11.5 Å². The lowest BCUT2D eigenvalue weighted by Crippen LogP contribution is -2.19. The number of hydrogen-bond acceptors (Lipinski definition) is 8. The Morgan fingerprint density at radius 1 is 1.15 bits per heavy atom. The third-order valence-corrected chi connectivity index (χ3v) is 6.47. The predicted molar refractivity (Wildman–Crippen MR) is 143 cm³/mol. The van der Waals surface area contributed by atoms with E-state index in [9.17, 15) is 14.7 Å². The number of nitrogens with zero attached hydrogens (tertiary/aromatic N) is 3. The second-order valence-corrected chi connectivity index (χ2v) is 9.11. The number of methoxy groups -OCH3 is 2. The van der Waals surface area contributed by atoms with E-state index in [0.717, 1.165) is 24.5 Å². The standard InChI is InChI=1S/C28H24FN5O5/c1-38-23-9-14(8-17-12-32-28(31)33-26(17)30)7-16(25(23)39-2)4-3-15-10-22-19(11-21(15)29)24(35)20(27(36)37)13-34(22)18-5-6-18/h7,9-13,18H,5-6,8H2,1-2H3,(H,36,37)(H4,30,31,32,33). The summed E-state index contributed by atoms with van der Waals surface area (Å²) in [6, 6.07) is 6.10. The summed E-state index contributed by atoms with van der Waals surface area (Å²) in [6.07, 6.45) is 4.89. The molecule has 0 amide bonds. The van der Waals surface area contributed by atoms with Gasteiger partial charge >= 0.3 is 5.97 Å². The molecule has 5 rings (SSSR count). The van der Waals surface area contributed by atoms with Crippen molar-refractivity contribution in [3.63, 3.8) is 0 Å². The molecule has 0 atom stereocenters. The number of carboxylic acids is 1. The van der Waals surface area contributed by atoms with Crippen molar-refractivity contribution < 1.29 is 23.8 Å². The highest BCUT2D eigenvalue weighted by atomic mass is 19.1. The van der Waals surface area contributed by atoms with E-state index in [4.69, 9.17) is 20.9 Å². The largest absolute Gasteiger partial charge is 0.493 e. The van der Waals surface area contributed by atoms with Gasteiger partial charge in [-0.2, -0.15) is 4.98 Å². The van der Waals surface area contributed by atoms with Crippen molar-refractivity contribution in [3.05, 3.63) is 80.5 Å². The molecule has 1 saturated carbocycles. The number of rotatable bonds is 6. The lowest BCUT2D eigenvalue weighted by molar-refractivity contribution is 0.0695. The number of aromatic nitrogens is 3. The number of fused-ring (bicyclic) bond motifs is 1. The summed E-state index contributed by atoms with van der Waals surface area (Å²) in [6.45, 7) is 0. The van der Waals surface area contributed by atoms with E-state index in [1.54, 1.807) is 22.9 Å². The van der Waals surface area contributed by atoms with E-state index in [2.05, 4.69) is 21.8 Å². The van der Waals surface area contributed by atoms with E-state index in [-0.39, 0.29) is 28.8 Å². The average molecular weight is 530 g/mol. The summed E-state index contributed by atoms with van der Waals surface area (Å²) >= 11 is 0. The molecular weight excluding hydrogens is 505 g/mol. The van der Waals surface area contributed by atoms with E-state index in [0.29, 0.717) is 34.6 Å². The number of carboxylic acid groups (broad SMARTS) is 1. The van der Waals surface area contributed by atoms with Gasteiger partial charge in [-0.3, -0.25) is 4.79 Å². The Balaban J connectivity index is 1.61. The van der Waals surface area contributed by atoms with Crippen LogP contribution in [-0.2, 0) is 6.42 Å². The van der Waals surface area contributed by atoms with Crippen molar-refractivity contribution in [2.45, 2.75) is 25.3 Å². The normalized spacial score (nSPS) is 12.6. The van der Waals surface area contributed by atoms with Crippen LogP contribution in [-0.4, -0.2) is 39.8 Å². The second kappa shape index (κ2) is 9.98. The first kappa shape index (κ1) is 25.5. The molecule has 2 aromatic carbocycles. The van der Waals surface area contributed by atoms with Crippen LogP contribution in [0.2, 0.25) is 0 Å². The number of ether oxygens (including phenoxy) is 2. The lowest BCUT2D eigenvalue weighted by Gasteiger charge is -2.13. The zero-order valence-electron chi connectivity index (χ0n) is 21.1. The minimum Gasteiger partial charge on any atom is -0.493 e. The third-order valence-electron chi connectivity index (χ3n) is 6.47. The maximum Gasteiger partial charge on any atom is 0.341 e. The summed E-state index contributed by atoms with van der Waals surface area (Å²) in [7, 11) is 2.96. The highest BCUT2D eigenvalue weighted by Gasteiger charge is 2.27. The Hall–Kier alpha value is -5.11. The molecule has 0 radical (unpaired) electrons. The molecule has 1 fully saturated rings. The van der Waals surface area contributed by atoms with Crippen molar-refractivity contribution in [2.24, 2.45) is 0 Å². The highest BCUT2D eigenvalue weighted by Crippen LogP contribution is 2.37. The Labute approximate surface area is 222 Å². The van der Waals surface area contributed by atoms with Gasteiger partial charge in [-0.15, -0.1) is 0 Å². The fourth-order valence-corrected chi connectivity index (χ4v) is 4.41. The summed E-state index contributed by atoms with van der Waals surface area (Å²) < 4.78 is 27.9. The maximum absolute atomic E-state index is 15.2. The van der Waals surface area contributed by atoms with Crippen LogP contribution in [0.4, 0.5) is 16.2 Å². The molecule has 0 saturated heterocycles. The third kappa shape index (κ3) is 4.92. The number of carbonyl (C=O) groups is 1. The minimum absolute atomic E-state index is 0.00518. The molecule has 2 aromatic heterocycles. The first-order chi connectivity index (χ1) is 18.7. The van der Waals surface area contributed by atoms with Gasteiger partial charge in [-0.1, -0.05) is 11.8 Å². The topological polar surface area (TPSA) is 156 Å². The number of nitrogen functional groups attached to an aromatic ring is 2. The van der Waals surface area contributed by atoms with Gasteiger partial charge in [-0.05, 0) is 42.7 Å². The number of nitrogens with two attached hydrogens (primary N) is 2. The smallest absolute Gasteiger partial charge is 0.341 e. The molecule has 10 nitrogen and oxygen atoms in total. The molecule has 1 aliphatic rings. The Bertz CT molecular complexity index is 1770. The number of halogens is 1. The van der Waals surface area contributed by atoms with E-state index in [1.165, 1.54) is 26.5 Å². The number of anilines is 2. The van der Waals surface area contributed by atoms with Crippen LogP contribution in [0.1, 0.15) is 51.5 Å². The maximum atomic E-state index is 15.2. The summed E-state index contributed by atoms with van der Waals surface area (Å²) in [5.41, 5.74) is 12.8. The molecular formula is C28H24FN5O5. The Morgan fingerprint density at radius 2 is 1.90 bits per heavy atom. The van der Waals surface area contributed by atoms with Crippen molar-refractivity contribution in [2.75, 3.05) is 25.7 Å². The van der Waals surface area contributed by atoms with Gasteiger partial charge < -0.3 is 30.6 Å². The van der Waals surface area contributed by atoms with Crippen molar-refractivity contribution in [1.29, 1.82) is 0 Å². The van der Waals surface area contributed by atoms with Crippen LogP contribution in [0.25, 0.3) is 10.9 Å². The quantitative estimate of drug-likeness (QED) is 0.319. The van der Waals surface area contributed by atoms with Crippen molar-refractivity contribution >= 4 is 28.6 Å². The van der Waals surface area contributed by atoms with E-state index >= 15 is 4.39 Å². The van der Waals surface area contributed by atoms with Crippen molar-refractivity contribution in [1.82, 2.24) is 14.5 Å². The number of hydrogen-bond donors (Lipinski definition) is 3. The van der Waals surface area contributed by atoms with Gasteiger partial charge in [0, 0.05) is 35.8 Å². The first-order valence-corrected chi connectivity index (χ1v) is 12.0. The molecule has 0 spiro atoms. The summed E-state index contributed by atoms with van der Waals surface area (Å²) in [4.78, 5) is 32.3. The van der Waals surface area contributed by atoms with Gasteiger partial charge in [0.25, 0.3) is 0 Å². The van der Waals surface area contributed by atoms with Crippen LogP contribution >= 0.6 is 0 Å². The number of pyridine rings is 1. The van der Waals surface area contributed by atoms with Crippen LogP contribution in [0.15, 0.2) is 41.5 Å². The van der Waals surface area contributed by atoms with Crippen LogP contribution in [0, 0.1) is 17.7 Å². The molecule has 0 bridgehead atoms. The fourth-order valence-electron chi connectivity index (χ4n) is 4.41. The number of benzene rings is 2. The molecule has 2 heterocycles. The SMILES string of the molecule is COc1cc(Cc2cnc(N)nc2N)cc(C#Cc2cc3c(cc2F)c(=O)c(C(=O)O)cn3C2CC2)c1OC. The molecule has 198 valence electrons. The predicted octanol–water partition coefficient (Wildman–Crippen LogP) is 3.14. The number of aromatic carboxylic acids is 1.